The minimum absolute atomic E-state index is 0.216. The van der Waals surface area contributed by atoms with Gasteiger partial charge in [0.25, 0.3) is 0 Å². The maximum atomic E-state index is 13.3. The highest BCUT2D eigenvalue weighted by Gasteiger charge is 2.14. The van der Waals surface area contributed by atoms with Crippen molar-refractivity contribution >= 4 is 5.97 Å². The molecule has 0 amide bonds. The third-order valence-corrected chi connectivity index (χ3v) is 3.20. The number of carbonyl (C=O) groups is 1. The monoisotopic (exact) mass is 291 g/mol. The Morgan fingerprint density at radius 2 is 2.19 bits per heavy atom. The largest absolute Gasteiger partial charge is 0.480 e. The molecule has 6 heteroatoms. The van der Waals surface area contributed by atoms with Crippen LogP contribution in [0.4, 0.5) is 4.39 Å². The maximum Gasteiger partial charge on any atom is 0.325 e. The molecule has 0 unspecified atom stereocenters. The van der Waals surface area contributed by atoms with E-state index in [2.05, 4.69) is 17.0 Å². The summed E-state index contributed by atoms with van der Waals surface area (Å²) in [6, 6.07) is 4.64. The highest BCUT2D eigenvalue weighted by atomic mass is 19.1. The van der Waals surface area contributed by atoms with E-state index in [0.29, 0.717) is 29.2 Å². The zero-order valence-electron chi connectivity index (χ0n) is 12.1. The van der Waals surface area contributed by atoms with Crippen molar-refractivity contribution in [3.63, 3.8) is 0 Å². The lowest BCUT2D eigenvalue weighted by atomic mass is 10.1. The molecule has 0 aliphatic rings. The topological polar surface area (TPSA) is 68.0 Å². The summed E-state index contributed by atoms with van der Waals surface area (Å²) in [4.78, 5) is 15.3. The fourth-order valence-corrected chi connectivity index (χ4v) is 2.06. The Balaban J connectivity index is 2.36. The summed E-state index contributed by atoms with van der Waals surface area (Å²) in [6.45, 7) is 3.51. The van der Waals surface area contributed by atoms with Gasteiger partial charge in [0.2, 0.25) is 0 Å². The first-order chi connectivity index (χ1) is 10.0. The number of aromatic nitrogens is 3. The van der Waals surface area contributed by atoms with Gasteiger partial charge < -0.3 is 5.11 Å². The normalized spacial score (nSPS) is 10.8. The van der Waals surface area contributed by atoms with Crippen molar-refractivity contribution in [3.8, 4) is 11.4 Å². The number of hydrogen-bond acceptors (Lipinski definition) is 3. The van der Waals surface area contributed by atoms with Crippen LogP contribution < -0.4 is 0 Å². The second-order valence-corrected chi connectivity index (χ2v) is 4.97. The van der Waals surface area contributed by atoms with E-state index in [0.717, 1.165) is 12.8 Å². The smallest absolute Gasteiger partial charge is 0.325 e. The lowest BCUT2D eigenvalue weighted by molar-refractivity contribution is -0.137. The third kappa shape index (κ3) is 3.65. The molecule has 1 aromatic heterocycles. The van der Waals surface area contributed by atoms with Crippen LogP contribution in [-0.4, -0.2) is 25.8 Å². The maximum absolute atomic E-state index is 13.3. The van der Waals surface area contributed by atoms with Crippen LogP contribution in [0.2, 0.25) is 0 Å². The van der Waals surface area contributed by atoms with Gasteiger partial charge in [-0.05, 0) is 37.1 Å². The molecular weight excluding hydrogens is 273 g/mol. The molecule has 0 spiro atoms. The van der Waals surface area contributed by atoms with Crippen LogP contribution in [-0.2, 0) is 17.8 Å². The number of carboxylic acid groups (broad SMARTS) is 1. The average molecular weight is 291 g/mol. The van der Waals surface area contributed by atoms with Crippen molar-refractivity contribution < 1.29 is 14.3 Å². The van der Waals surface area contributed by atoms with E-state index in [4.69, 9.17) is 5.11 Å². The Morgan fingerprint density at radius 3 is 2.81 bits per heavy atom. The second kappa shape index (κ2) is 6.47. The molecule has 1 aromatic carbocycles. The molecule has 0 radical (unpaired) electrons. The molecule has 0 saturated carbocycles. The van der Waals surface area contributed by atoms with Crippen LogP contribution in [0.3, 0.4) is 0 Å². The lowest BCUT2D eigenvalue weighted by Crippen LogP contribution is -2.13. The molecule has 2 aromatic rings. The Labute approximate surface area is 122 Å². The first-order valence-electron chi connectivity index (χ1n) is 6.93. The lowest BCUT2D eigenvalue weighted by Gasteiger charge is -2.01. The van der Waals surface area contributed by atoms with Gasteiger partial charge in [-0.1, -0.05) is 13.3 Å². The first-order valence-corrected chi connectivity index (χ1v) is 6.93. The zero-order valence-corrected chi connectivity index (χ0v) is 12.1. The predicted molar refractivity (Wildman–Crippen MR) is 76.4 cm³/mol. The summed E-state index contributed by atoms with van der Waals surface area (Å²) in [5.41, 5.74) is 1.20. The molecule has 2 rings (SSSR count). The molecule has 21 heavy (non-hydrogen) atoms. The van der Waals surface area contributed by atoms with Gasteiger partial charge in [0.05, 0.1) is 0 Å². The zero-order chi connectivity index (χ0) is 15.4. The number of rotatable bonds is 6. The van der Waals surface area contributed by atoms with Crippen LogP contribution in [0.1, 0.15) is 31.2 Å². The van der Waals surface area contributed by atoms with E-state index in [-0.39, 0.29) is 12.4 Å². The molecule has 5 nitrogen and oxygen atoms in total. The van der Waals surface area contributed by atoms with Crippen molar-refractivity contribution in [2.24, 2.45) is 0 Å². The molecule has 1 N–H and O–H groups in total. The molecule has 0 bridgehead atoms. The van der Waals surface area contributed by atoms with Crippen LogP contribution in [0.25, 0.3) is 11.4 Å². The fourth-order valence-electron chi connectivity index (χ4n) is 2.06. The molecule has 112 valence electrons. The van der Waals surface area contributed by atoms with E-state index < -0.39 is 5.97 Å². The predicted octanol–water partition coefficient (Wildman–Crippen LogP) is 2.82. The van der Waals surface area contributed by atoms with Crippen LogP contribution in [0.15, 0.2) is 18.2 Å². The second-order valence-electron chi connectivity index (χ2n) is 4.97. The molecule has 0 fully saturated rings. The van der Waals surface area contributed by atoms with E-state index in [1.54, 1.807) is 19.1 Å². The van der Waals surface area contributed by atoms with Gasteiger partial charge in [-0.3, -0.25) is 4.79 Å². The van der Waals surface area contributed by atoms with Crippen molar-refractivity contribution in [1.82, 2.24) is 14.8 Å². The molecule has 0 aliphatic heterocycles. The Morgan fingerprint density at radius 1 is 1.43 bits per heavy atom. The molecule has 0 aliphatic carbocycles. The van der Waals surface area contributed by atoms with Crippen LogP contribution in [0, 0.1) is 12.7 Å². The number of unbranched alkanes of at least 4 members (excludes halogenated alkanes) is 1. The van der Waals surface area contributed by atoms with Gasteiger partial charge in [-0.15, -0.1) is 0 Å². The number of nitrogens with zero attached hydrogens (tertiary/aromatic N) is 3. The Kier molecular flexibility index (Phi) is 4.67. The molecular formula is C15H18FN3O2. The van der Waals surface area contributed by atoms with Gasteiger partial charge in [0.15, 0.2) is 5.82 Å². The Bertz CT molecular complexity index is 652. The van der Waals surface area contributed by atoms with Crippen LogP contribution >= 0.6 is 0 Å². The summed E-state index contributed by atoms with van der Waals surface area (Å²) in [6.07, 6.45) is 2.59. The van der Waals surface area contributed by atoms with E-state index in [1.807, 2.05) is 0 Å². The van der Waals surface area contributed by atoms with E-state index in [9.17, 15) is 9.18 Å². The van der Waals surface area contributed by atoms with Gasteiger partial charge in [0, 0.05) is 12.0 Å². The SMILES string of the molecule is CCCCc1nc(-c2ccc(F)c(C)c2)nn1CC(=O)O. The first kappa shape index (κ1) is 15.2. The van der Waals surface area contributed by atoms with Crippen LogP contribution in [0.5, 0.6) is 0 Å². The number of aliphatic carboxylic acids is 1. The summed E-state index contributed by atoms with van der Waals surface area (Å²) in [5, 5.41) is 13.2. The fraction of sp³-hybridized carbons (Fsp3) is 0.400. The number of hydrogen-bond donors (Lipinski definition) is 1. The van der Waals surface area contributed by atoms with Gasteiger partial charge in [0.1, 0.15) is 18.2 Å². The van der Waals surface area contributed by atoms with Crippen molar-refractivity contribution in [1.29, 1.82) is 0 Å². The van der Waals surface area contributed by atoms with Crippen molar-refractivity contribution in [2.45, 2.75) is 39.7 Å². The molecule has 1 heterocycles. The molecule has 0 atom stereocenters. The standard InChI is InChI=1S/C15H18FN3O2/c1-3-4-5-13-17-15(18-19(13)9-14(20)21)11-6-7-12(16)10(2)8-11/h6-8H,3-5,9H2,1-2H3,(H,20,21). The summed E-state index contributed by atoms with van der Waals surface area (Å²) >= 11 is 0. The quantitative estimate of drug-likeness (QED) is 0.888. The van der Waals surface area contributed by atoms with Crippen molar-refractivity contribution in [3.05, 3.63) is 35.4 Å². The number of aryl methyl sites for hydroxylation is 2. The number of carboxylic acids is 1. The van der Waals surface area contributed by atoms with Gasteiger partial charge in [-0.2, -0.15) is 5.10 Å². The number of benzene rings is 1. The summed E-state index contributed by atoms with van der Waals surface area (Å²) in [5.74, 6) is -0.156. The third-order valence-electron chi connectivity index (χ3n) is 3.20. The summed E-state index contributed by atoms with van der Waals surface area (Å²) in [7, 11) is 0. The highest BCUT2D eigenvalue weighted by Crippen LogP contribution is 2.19. The highest BCUT2D eigenvalue weighted by molar-refractivity contribution is 5.66. The van der Waals surface area contributed by atoms with Crippen molar-refractivity contribution in [2.75, 3.05) is 0 Å². The van der Waals surface area contributed by atoms with E-state index in [1.165, 1.54) is 10.7 Å². The summed E-state index contributed by atoms with van der Waals surface area (Å²) < 4.78 is 14.7. The van der Waals surface area contributed by atoms with Gasteiger partial charge in [-0.25, -0.2) is 14.1 Å². The minimum atomic E-state index is -0.959. The molecule has 0 saturated heterocycles. The minimum Gasteiger partial charge on any atom is -0.480 e. The average Bonchev–Trinajstić information content (AvgIpc) is 2.82. The van der Waals surface area contributed by atoms with Gasteiger partial charge >= 0.3 is 5.97 Å². The Hall–Kier alpha value is -2.24. The number of halogens is 1. The van der Waals surface area contributed by atoms with E-state index >= 15 is 0 Å².